The zero-order valence-corrected chi connectivity index (χ0v) is 20.2. The smallest absolute Gasteiger partial charge is 0.261 e. The van der Waals surface area contributed by atoms with Gasteiger partial charge in [-0.15, -0.1) is 0 Å². The first-order valence-electron chi connectivity index (χ1n) is 10.8. The Labute approximate surface area is 182 Å². The van der Waals surface area contributed by atoms with Crippen LogP contribution in [-0.2, 0) is 4.43 Å². The molecule has 2 aromatic rings. The van der Waals surface area contributed by atoms with Crippen molar-refractivity contribution in [2.75, 3.05) is 6.61 Å². The van der Waals surface area contributed by atoms with Crippen molar-refractivity contribution in [1.82, 2.24) is 0 Å². The molecule has 0 aromatic heterocycles. The van der Waals surface area contributed by atoms with E-state index in [1.165, 1.54) is 17.3 Å². The summed E-state index contributed by atoms with van der Waals surface area (Å²) in [6, 6.07) is 20.7. The van der Waals surface area contributed by atoms with Crippen molar-refractivity contribution >= 4 is 18.7 Å². The summed E-state index contributed by atoms with van der Waals surface area (Å²) in [5.74, 6) is -0.358. The van der Waals surface area contributed by atoms with Crippen LogP contribution >= 0.6 is 0 Å². The van der Waals surface area contributed by atoms with Gasteiger partial charge < -0.3 is 19.7 Å². The molecule has 4 unspecified atom stereocenters. The molecule has 0 fully saturated rings. The molecule has 0 heterocycles. The van der Waals surface area contributed by atoms with Crippen LogP contribution in [0.1, 0.15) is 48.0 Å². The topological polar surface area (TPSA) is 69.9 Å². The van der Waals surface area contributed by atoms with Gasteiger partial charge in [-0.1, -0.05) is 95.3 Å². The lowest BCUT2D eigenvalue weighted by Gasteiger charge is -2.44. The minimum atomic E-state index is -2.71. The second-order valence-corrected chi connectivity index (χ2v) is 13.9. The molecule has 2 rings (SSSR count). The molecule has 0 saturated heterocycles. The van der Waals surface area contributed by atoms with E-state index in [2.05, 4.69) is 45.0 Å². The molecule has 5 heteroatoms. The third-order valence-electron chi connectivity index (χ3n) is 6.18. The van der Waals surface area contributed by atoms with Crippen molar-refractivity contribution in [3.05, 3.63) is 60.7 Å². The zero-order valence-electron chi connectivity index (χ0n) is 19.2. The highest BCUT2D eigenvalue weighted by atomic mass is 28.4. The highest BCUT2D eigenvalue weighted by Crippen LogP contribution is 2.37. The number of hydrogen-bond donors (Lipinski definition) is 3. The molecule has 3 N–H and O–H groups in total. The number of rotatable bonds is 9. The highest BCUT2D eigenvalue weighted by Gasteiger charge is 2.51. The Bertz CT molecular complexity index is 731. The van der Waals surface area contributed by atoms with Gasteiger partial charge in [0.1, 0.15) is 5.60 Å². The molecule has 0 aliphatic rings. The second-order valence-electron chi connectivity index (χ2n) is 9.55. The first-order valence-corrected chi connectivity index (χ1v) is 12.7. The molecule has 166 valence electrons. The summed E-state index contributed by atoms with van der Waals surface area (Å²) in [6.45, 7) is 12.0. The first kappa shape index (κ1) is 24.8. The van der Waals surface area contributed by atoms with Crippen LogP contribution in [0.25, 0.3) is 0 Å². The van der Waals surface area contributed by atoms with E-state index in [4.69, 9.17) is 4.43 Å². The minimum absolute atomic E-state index is 0.161. The van der Waals surface area contributed by atoms with Gasteiger partial charge in [-0.05, 0) is 28.8 Å². The summed E-state index contributed by atoms with van der Waals surface area (Å²) < 4.78 is 6.84. The van der Waals surface area contributed by atoms with Crippen molar-refractivity contribution in [3.63, 3.8) is 0 Å². The third kappa shape index (κ3) is 4.87. The zero-order chi connectivity index (χ0) is 22.6. The van der Waals surface area contributed by atoms with Gasteiger partial charge in [-0.2, -0.15) is 0 Å². The van der Waals surface area contributed by atoms with Gasteiger partial charge in [-0.25, -0.2) is 0 Å². The quantitative estimate of drug-likeness (QED) is 0.535. The molecular formula is C25H38O4Si. The van der Waals surface area contributed by atoms with Gasteiger partial charge in [0.25, 0.3) is 8.32 Å². The van der Waals surface area contributed by atoms with Crippen molar-refractivity contribution < 1.29 is 19.7 Å². The molecule has 0 aliphatic carbocycles. The van der Waals surface area contributed by atoms with Crippen LogP contribution in [-0.4, -0.2) is 48.1 Å². The van der Waals surface area contributed by atoms with E-state index >= 15 is 0 Å². The van der Waals surface area contributed by atoms with E-state index in [1.807, 2.05) is 43.3 Å². The van der Waals surface area contributed by atoms with E-state index in [1.54, 1.807) is 6.92 Å². The summed E-state index contributed by atoms with van der Waals surface area (Å²) in [6.07, 6.45) is -1.74. The number of benzene rings is 2. The van der Waals surface area contributed by atoms with Crippen LogP contribution in [0, 0.1) is 5.92 Å². The van der Waals surface area contributed by atoms with Crippen LogP contribution < -0.4 is 10.4 Å². The van der Waals surface area contributed by atoms with Crippen molar-refractivity contribution in [2.45, 2.75) is 70.8 Å². The van der Waals surface area contributed by atoms with Crippen molar-refractivity contribution in [1.29, 1.82) is 0 Å². The minimum Gasteiger partial charge on any atom is -0.407 e. The van der Waals surface area contributed by atoms with E-state index in [0.717, 1.165) is 0 Å². The highest BCUT2D eigenvalue weighted by molar-refractivity contribution is 6.99. The lowest BCUT2D eigenvalue weighted by molar-refractivity contribution is -0.154. The number of hydrogen-bond acceptors (Lipinski definition) is 4. The van der Waals surface area contributed by atoms with Gasteiger partial charge in [-0.3, -0.25) is 0 Å². The lowest BCUT2D eigenvalue weighted by Crippen LogP contribution is -2.67. The number of aliphatic hydroxyl groups excluding tert-OH is 2. The van der Waals surface area contributed by atoms with Crippen LogP contribution in [0.3, 0.4) is 0 Å². The second kappa shape index (κ2) is 9.75. The maximum Gasteiger partial charge on any atom is 0.261 e. The van der Waals surface area contributed by atoms with Crippen molar-refractivity contribution in [3.8, 4) is 0 Å². The van der Waals surface area contributed by atoms with E-state index in [0.29, 0.717) is 6.42 Å². The molecule has 2 aromatic carbocycles. The average molecular weight is 431 g/mol. The standard InChI is InChI=1S/C25H38O4Si/c1-7-22(26)25(6,28)23(27)19(2)18-29-30(24(3,4)5,20-14-10-8-11-15-20)21-16-12-9-13-17-21/h8-17,19,22-23,26-28H,7,18H2,1-6H3. The Hall–Kier alpha value is -1.50. The fraction of sp³-hybridized carbons (Fsp3) is 0.520. The molecular weight excluding hydrogens is 392 g/mol. The summed E-state index contributed by atoms with van der Waals surface area (Å²) in [5, 5.41) is 33.9. The largest absolute Gasteiger partial charge is 0.407 e. The first-order chi connectivity index (χ1) is 14.0. The normalized spacial score (nSPS) is 17.8. The van der Waals surface area contributed by atoms with Crippen LogP contribution in [0.15, 0.2) is 60.7 Å². The molecule has 0 amide bonds. The number of aliphatic hydroxyl groups is 3. The predicted octanol–water partition coefficient (Wildman–Crippen LogP) is 3.08. The maximum absolute atomic E-state index is 10.8. The lowest BCUT2D eigenvalue weighted by atomic mass is 9.84. The van der Waals surface area contributed by atoms with Gasteiger partial charge in [0.15, 0.2) is 0 Å². The molecule has 0 saturated carbocycles. The Morgan fingerprint density at radius 1 is 0.867 bits per heavy atom. The fourth-order valence-corrected chi connectivity index (χ4v) is 8.96. The Balaban J connectivity index is 2.45. The molecule has 0 radical (unpaired) electrons. The molecule has 30 heavy (non-hydrogen) atoms. The van der Waals surface area contributed by atoms with Gasteiger partial charge in [0, 0.05) is 12.5 Å². The average Bonchev–Trinajstić information content (AvgIpc) is 2.73. The molecule has 0 bridgehead atoms. The summed E-state index contributed by atoms with van der Waals surface area (Å²) in [7, 11) is -2.71. The summed E-state index contributed by atoms with van der Waals surface area (Å²) in [4.78, 5) is 0. The van der Waals surface area contributed by atoms with Gasteiger partial charge in [0.05, 0.1) is 12.2 Å². The Morgan fingerprint density at radius 3 is 1.67 bits per heavy atom. The molecule has 0 spiro atoms. The Morgan fingerprint density at radius 2 is 1.30 bits per heavy atom. The summed E-state index contributed by atoms with van der Waals surface area (Å²) >= 11 is 0. The third-order valence-corrected chi connectivity index (χ3v) is 11.2. The molecule has 0 aliphatic heterocycles. The summed E-state index contributed by atoms with van der Waals surface area (Å²) in [5.41, 5.74) is -1.59. The molecule has 4 atom stereocenters. The van der Waals surface area contributed by atoms with E-state index in [-0.39, 0.29) is 17.6 Å². The Kier molecular flexibility index (Phi) is 8.05. The molecule has 4 nitrogen and oxygen atoms in total. The monoisotopic (exact) mass is 430 g/mol. The fourth-order valence-electron chi connectivity index (χ4n) is 4.30. The van der Waals surface area contributed by atoms with E-state index < -0.39 is 26.1 Å². The maximum atomic E-state index is 10.8. The van der Waals surface area contributed by atoms with Crippen LogP contribution in [0.4, 0.5) is 0 Å². The van der Waals surface area contributed by atoms with Crippen LogP contribution in [0.5, 0.6) is 0 Å². The van der Waals surface area contributed by atoms with Gasteiger partial charge >= 0.3 is 0 Å². The van der Waals surface area contributed by atoms with Crippen molar-refractivity contribution in [2.24, 2.45) is 5.92 Å². The van der Waals surface area contributed by atoms with Gasteiger partial charge in [0.2, 0.25) is 0 Å². The predicted molar refractivity (Wildman–Crippen MR) is 126 cm³/mol. The SMILES string of the molecule is CCC(O)C(C)(O)C(O)C(C)CO[Si](c1ccccc1)(c1ccccc1)C(C)(C)C. The van der Waals surface area contributed by atoms with Crippen LogP contribution in [0.2, 0.25) is 5.04 Å². The van der Waals surface area contributed by atoms with E-state index in [9.17, 15) is 15.3 Å².